The molecule has 2 saturated heterocycles. The van der Waals surface area contributed by atoms with Gasteiger partial charge in [-0.2, -0.15) is 0 Å². The van der Waals surface area contributed by atoms with Crippen LogP contribution in [0, 0.1) is 0 Å². The van der Waals surface area contributed by atoms with Crippen molar-refractivity contribution in [1.29, 1.82) is 0 Å². The van der Waals surface area contributed by atoms with Crippen molar-refractivity contribution in [3.63, 3.8) is 0 Å². The Labute approximate surface area is 131 Å². The van der Waals surface area contributed by atoms with Gasteiger partial charge in [-0.05, 0) is 47.0 Å². The predicted molar refractivity (Wildman–Crippen MR) is 84.5 cm³/mol. The van der Waals surface area contributed by atoms with Gasteiger partial charge in [-0.25, -0.2) is 4.98 Å². The summed E-state index contributed by atoms with van der Waals surface area (Å²) in [4.78, 5) is 4.73. The van der Waals surface area contributed by atoms with Gasteiger partial charge >= 0.3 is 0 Å². The van der Waals surface area contributed by atoms with Gasteiger partial charge < -0.3 is 14.8 Å². The second-order valence-electron chi connectivity index (χ2n) is 7.28. The van der Waals surface area contributed by atoms with Crippen molar-refractivity contribution in [3.05, 3.63) is 16.1 Å². The first-order chi connectivity index (χ1) is 9.86. The molecule has 0 unspecified atom stereocenters. The topological polar surface area (TPSA) is 43.4 Å². The Morgan fingerprint density at radius 2 is 2.19 bits per heavy atom. The number of aromatic nitrogens is 1. The molecule has 0 radical (unpaired) electrons. The van der Waals surface area contributed by atoms with Crippen molar-refractivity contribution in [2.75, 3.05) is 6.61 Å². The quantitative estimate of drug-likeness (QED) is 0.925. The molecule has 2 atom stereocenters. The molecule has 0 aromatic carbocycles. The number of nitrogens with zero attached hydrogens (tertiary/aromatic N) is 1. The average Bonchev–Trinajstić information content (AvgIpc) is 3.05. The van der Waals surface area contributed by atoms with E-state index in [1.165, 1.54) is 0 Å². The van der Waals surface area contributed by atoms with E-state index >= 15 is 0 Å². The highest BCUT2D eigenvalue weighted by molar-refractivity contribution is 7.09. The van der Waals surface area contributed by atoms with Gasteiger partial charge in [-0.1, -0.05) is 0 Å². The summed E-state index contributed by atoms with van der Waals surface area (Å²) in [6, 6.07) is 0.361. The van der Waals surface area contributed by atoms with Gasteiger partial charge in [0, 0.05) is 24.6 Å². The SMILES string of the molecule is CC1(C)C[C@@H](NCc2csc([C@H]3CCCO3)n2)C(C)(C)O1. The molecule has 0 saturated carbocycles. The molecule has 1 N–H and O–H groups in total. The Morgan fingerprint density at radius 3 is 2.81 bits per heavy atom. The average molecular weight is 310 g/mol. The van der Waals surface area contributed by atoms with Crippen LogP contribution in [-0.4, -0.2) is 28.8 Å². The fourth-order valence-electron chi connectivity index (χ4n) is 3.43. The van der Waals surface area contributed by atoms with Gasteiger partial charge in [-0.3, -0.25) is 0 Å². The molecule has 5 heteroatoms. The van der Waals surface area contributed by atoms with E-state index in [0.29, 0.717) is 6.04 Å². The molecular formula is C16H26N2O2S. The van der Waals surface area contributed by atoms with Crippen LogP contribution in [0.2, 0.25) is 0 Å². The number of rotatable bonds is 4. The van der Waals surface area contributed by atoms with Crippen LogP contribution in [0.25, 0.3) is 0 Å². The van der Waals surface area contributed by atoms with Gasteiger partial charge in [0.05, 0.1) is 16.9 Å². The second-order valence-corrected chi connectivity index (χ2v) is 8.17. The van der Waals surface area contributed by atoms with Crippen LogP contribution in [0.3, 0.4) is 0 Å². The maximum absolute atomic E-state index is 6.12. The molecule has 1 aromatic rings. The van der Waals surface area contributed by atoms with E-state index in [1.807, 2.05) is 0 Å². The van der Waals surface area contributed by atoms with Crippen LogP contribution in [-0.2, 0) is 16.0 Å². The van der Waals surface area contributed by atoms with Crippen LogP contribution < -0.4 is 5.32 Å². The van der Waals surface area contributed by atoms with Crippen LogP contribution in [0.15, 0.2) is 5.38 Å². The fourth-order valence-corrected chi connectivity index (χ4v) is 4.33. The Balaban J connectivity index is 1.58. The minimum absolute atomic E-state index is 0.0495. The summed E-state index contributed by atoms with van der Waals surface area (Å²) in [6.07, 6.45) is 3.52. The normalized spacial score (nSPS) is 30.9. The van der Waals surface area contributed by atoms with Crippen molar-refractivity contribution < 1.29 is 9.47 Å². The van der Waals surface area contributed by atoms with E-state index in [1.54, 1.807) is 11.3 Å². The van der Waals surface area contributed by atoms with E-state index in [2.05, 4.69) is 38.4 Å². The zero-order chi connectivity index (χ0) is 15.1. The third kappa shape index (κ3) is 3.47. The van der Waals surface area contributed by atoms with E-state index in [4.69, 9.17) is 14.5 Å². The number of hydrogen-bond donors (Lipinski definition) is 1. The fraction of sp³-hybridized carbons (Fsp3) is 0.812. The molecular weight excluding hydrogens is 284 g/mol. The smallest absolute Gasteiger partial charge is 0.122 e. The first-order valence-electron chi connectivity index (χ1n) is 7.85. The summed E-state index contributed by atoms with van der Waals surface area (Å²) >= 11 is 1.72. The van der Waals surface area contributed by atoms with Crippen molar-refractivity contribution in [2.24, 2.45) is 0 Å². The van der Waals surface area contributed by atoms with Gasteiger partial charge in [-0.15, -0.1) is 11.3 Å². The van der Waals surface area contributed by atoms with Crippen molar-refractivity contribution in [2.45, 2.75) is 76.9 Å². The van der Waals surface area contributed by atoms with E-state index in [-0.39, 0.29) is 17.3 Å². The van der Waals surface area contributed by atoms with Gasteiger partial charge in [0.15, 0.2) is 0 Å². The Morgan fingerprint density at radius 1 is 1.38 bits per heavy atom. The number of hydrogen-bond acceptors (Lipinski definition) is 5. The second kappa shape index (κ2) is 5.61. The Bertz CT molecular complexity index is 492. The van der Waals surface area contributed by atoms with Gasteiger partial charge in [0.25, 0.3) is 0 Å². The molecule has 2 fully saturated rings. The summed E-state index contributed by atoms with van der Waals surface area (Å²) in [6.45, 7) is 10.3. The number of thiazole rings is 1. The largest absolute Gasteiger partial charge is 0.371 e. The third-order valence-electron chi connectivity index (χ3n) is 4.38. The highest BCUT2D eigenvalue weighted by atomic mass is 32.1. The molecule has 118 valence electrons. The van der Waals surface area contributed by atoms with Crippen molar-refractivity contribution in [3.8, 4) is 0 Å². The summed E-state index contributed by atoms with van der Waals surface area (Å²) < 4.78 is 11.8. The molecule has 0 amide bonds. The predicted octanol–water partition coefficient (Wildman–Crippen LogP) is 3.43. The first kappa shape index (κ1) is 15.4. The molecule has 0 bridgehead atoms. The summed E-state index contributed by atoms with van der Waals surface area (Å²) in [5.74, 6) is 0. The minimum Gasteiger partial charge on any atom is -0.371 e. The molecule has 3 rings (SSSR count). The van der Waals surface area contributed by atoms with E-state index < -0.39 is 0 Å². The zero-order valence-electron chi connectivity index (χ0n) is 13.4. The molecule has 0 spiro atoms. The van der Waals surface area contributed by atoms with E-state index in [9.17, 15) is 0 Å². The summed E-state index contributed by atoms with van der Waals surface area (Å²) in [5, 5.41) is 6.91. The third-order valence-corrected chi connectivity index (χ3v) is 5.36. The van der Waals surface area contributed by atoms with Crippen LogP contribution in [0.4, 0.5) is 0 Å². The molecule has 0 aliphatic carbocycles. The van der Waals surface area contributed by atoms with Crippen molar-refractivity contribution >= 4 is 11.3 Å². The molecule has 3 heterocycles. The monoisotopic (exact) mass is 310 g/mol. The van der Waals surface area contributed by atoms with Gasteiger partial charge in [0.2, 0.25) is 0 Å². The number of ether oxygens (including phenoxy) is 2. The molecule has 21 heavy (non-hydrogen) atoms. The number of nitrogens with one attached hydrogen (secondary N) is 1. The molecule has 2 aliphatic rings. The van der Waals surface area contributed by atoms with Crippen LogP contribution >= 0.6 is 11.3 Å². The lowest BCUT2D eigenvalue weighted by atomic mass is 9.94. The minimum atomic E-state index is -0.128. The maximum atomic E-state index is 6.12. The highest BCUT2D eigenvalue weighted by Crippen LogP contribution is 2.37. The lowest BCUT2D eigenvalue weighted by molar-refractivity contribution is -0.0699. The maximum Gasteiger partial charge on any atom is 0.122 e. The molecule has 4 nitrogen and oxygen atoms in total. The first-order valence-corrected chi connectivity index (χ1v) is 8.73. The Kier molecular flexibility index (Phi) is 4.12. The Hall–Kier alpha value is -0.490. The standard InChI is InChI=1S/C16H26N2O2S/c1-15(2)8-13(16(3,4)20-15)17-9-11-10-21-14(18-11)12-6-5-7-19-12/h10,12-13,17H,5-9H2,1-4H3/t12-,13-/m1/s1. The zero-order valence-corrected chi connectivity index (χ0v) is 14.3. The van der Waals surface area contributed by atoms with Gasteiger partial charge in [0.1, 0.15) is 11.1 Å². The lowest BCUT2D eigenvalue weighted by Crippen LogP contribution is -2.43. The summed E-state index contributed by atoms with van der Waals surface area (Å²) in [7, 11) is 0. The highest BCUT2D eigenvalue weighted by Gasteiger charge is 2.45. The molecule has 1 aromatic heterocycles. The molecule has 2 aliphatic heterocycles. The lowest BCUT2D eigenvalue weighted by Gasteiger charge is -2.27. The van der Waals surface area contributed by atoms with Crippen molar-refractivity contribution in [1.82, 2.24) is 10.3 Å². The van der Waals surface area contributed by atoms with E-state index in [0.717, 1.165) is 43.1 Å². The summed E-state index contributed by atoms with van der Waals surface area (Å²) in [5.41, 5.74) is 0.939. The van der Waals surface area contributed by atoms with Crippen LogP contribution in [0.1, 0.15) is 63.8 Å². The van der Waals surface area contributed by atoms with Crippen LogP contribution in [0.5, 0.6) is 0 Å².